The van der Waals surface area contributed by atoms with Gasteiger partial charge >= 0.3 is 11.9 Å². The summed E-state index contributed by atoms with van der Waals surface area (Å²) in [5.41, 5.74) is 0.227. The van der Waals surface area contributed by atoms with E-state index in [1.807, 2.05) is 13.8 Å². The van der Waals surface area contributed by atoms with E-state index in [1.54, 1.807) is 0 Å². The number of nitrogens with zero attached hydrogens (tertiary/aromatic N) is 1. The molecule has 2 N–H and O–H groups in total. The molecule has 0 aromatic carbocycles. The zero-order valence-electron chi connectivity index (χ0n) is 14.4. The molecule has 0 spiro atoms. The fourth-order valence-electron chi connectivity index (χ4n) is 2.91. The zero-order chi connectivity index (χ0) is 18.7. The number of hydrogen-bond donors (Lipinski definition) is 2. The second kappa shape index (κ2) is 7.90. The molecule has 138 valence electrons. The van der Waals surface area contributed by atoms with E-state index >= 15 is 0 Å². The molecule has 0 aromatic heterocycles. The van der Waals surface area contributed by atoms with Crippen LogP contribution in [0.1, 0.15) is 33.6 Å². The molecule has 2 atom stereocenters. The monoisotopic (exact) mass is 370 g/mol. The molecule has 25 heavy (non-hydrogen) atoms. The zero-order valence-corrected chi connectivity index (χ0v) is 15.2. The van der Waals surface area contributed by atoms with Gasteiger partial charge in [0, 0.05) is 24.2 Å². The van der Waals surface area contributed by atoms with Gasteiger partial charge < -0.3 is 15.2 Å². The number of ether oxygens (including phenoxy) is 1. The molecule has 0 unspecified atom stereocenters. The minimum atomic E-state index is -1.24. The van der Waals surface area contributed by atoms with Crippen LogP contribution < -0.4 is 5.32 Å². The number of aliphatic carboxylic acids is 1. The van der Waals surface area contributed by atoms with Gasteiger partial charge in [0.2, 0.25) is 5.91 Å². The van der Waals surface area contributed by atoms with Gasteiger partial charge in [0.05, 0.1) is 0 Å². The second-order valence-electron chi connectivity index (χ2n) is 5.95. The number of β-lactam (4-membered cyclic amide) rings is 1. The van der Waals surface area contributed by atoms with E-state index in [9.17, 15) is 24.3 Å². The Hall–Kier alpha value is -2.03. The maximum absolute atomic E-state index is 12.4. The summed E-state index contributed by atoms with van der Waals surface area (Å²) in [7, 11) is 0. The highest BCUT2D eigenvalue weighted by atomic mass is 32.2. The van der Waals surface area contributed by atoms with E-state index in [0.29, 0.717) is 24.2 Å². The average Bonchev–Trinajstić information content (AvgIpc) is 2.57. The number of fused-ring (bicyclic) bond motifs is 1. The Kier molecular flexibility index (Phi) is 6.10. The number of carboxylic acids is 1. The van der Waals surface area contributed by atoms with Crippen molar-refractivity contribution in [3.05, 3.63) is 11.3 Å². The number of carbonyl (C=O) groups excluding carboxylic acids is 3. The fourth-order valence-corrected chi connectivity index (χ4v) is 4.24. The minimum absolute atomic E-state index is 0.150. The van der Waals surface area contributed by atoms with Gasteiger partial charge in [0.15, 0.2) is 0 Å². The number of hydrogen-bond acceptors (Lipinski definition) is 6. The van der Waals surface area contributed by atoms with E-state index in [2.05, 4.69) is 5.32 Å². The number of rotatable bonds is 7. The molecule has 0 aromatic rings. The van der Waals surface area contributed by atoms with Crippen LogP contribution >= 0.6 is 11.8 Å². The molecule has 2 amide bonds. The van der Waals surface area contributed by atoms with Gasteiger partial charge in [0.25, 0.3) is 5.91 Å². The fraction of sp³-hybridized carbons (Fsp3) is 0.625. The van der Waals surface area contributed by atoms with Gasteiger partial charge in [-0.2, -0.15) is 0 Å². The standard InChI is InChI=1S/C16H22N2O6S/c1-4-9(5-2)13(20)17-11-14(21)18-12(16(22)23)10(6-24-8(3)19)7-25-15(11)18/h9,11,15H,4-7H2,1-3H3,(H,17,20)(H,22,23)/t11-,15-/m0/s1. The first kappa shape index (κ1) is 19.3. The van der Waals surface area contributed by atoms with E-state index in [-0.39, 0.29) is 24.1 Å². The molecule has 2 heterocycles. The first-order valence-electron chi connectivity index (χ1n) is 8.15. The maximum atomic E-state index is 12.4. The van der Waals surface area contributed by atoms with Crippen LogP contribution in [0.25, 0.3) is 0 Å². The van der Waals surface area contributed by atoms with Gasteiger partial charge in [0.1, 0.15) is 23.7 Å². The van der Waals surface area contributed by atoms with Gasteiger partial charge in [-0.3, -0.25) is 19.3 Å². The summed E-state index contributed by atoms with van der Waals surface area (Å²) in [6, 6.07) is -0.720. The Morgan fingerprint density at radius 3 is 2.52 bits per heavy atom. The number of carbonyl (C=O) groups is 4. The van der Waals surface area contributed by atoms with E-state index in [0.717, 1.165) is 0 Å². The number of carboxylic acid groups (broad SMARTS) is 1. The molecule has 0 radical (unpaired) electrons. The molecule has 0 bridgehead atoms. The van der Waals surface area contributed by atoms with Crippen molar-refractivity contribution < 1.29 is 29.0 Å². The SMILES string of the molecule is CCC(CC)C(=O)N[C@H]1C(=O)N2C(C(=O)O)=C(COC(C)=O)CS[C@@H]12. The lowest BCUT2D eigenvalue weighted by molar-refractivity contribution is -0.151. The summed E-state index contributed by atoms with van der Waals surface area (Å²) in [5, 5.41) is 11.8. The van der Waals surface area contributed by atoms with Crippen molar-refractivity contribution in [3.8, 4) is 0 Å². The molecule has 1 saturated heterocycles. The Balaban J connectivity index is 2.14. The van der Waals surface area contributed by atoms with Crippen LogP contribution in [0.4, 0.5) is 0 Å². The normalized spacial score (nSPS) is 22.4. The van der Waals surface area contributed by atoms with Crippen molar-refractivity contribution in [1.82, 2.24) is 10.2 Å². The van der Waals surface area contributed by atoms with Crippen molar-refractivity contribution in [2.75, 3.05) is 12.4 Å². The second-order valence-corrected chi connectivity index (χ2v) is 7.05. The van der Waals surface area contributed by atoms with Crippen LogP contribution in [0.2, 0.25) is 0 Å². The molecule has 2 rings (SSSR count). The molecule has 8 nitrogen and oxygen atoms in total. The lowest BCUT2D eigenvalue weighted by Crippen LogP contribution is -2.71. The lowest BCUT2D eigenvalue weighted by atomic mass is 9.99. The quantitative estimate of drug-likeness (QED) is 0.501. The summed E-state index contributed by atoms with van der Waals surface area (Å²) >= 11 is 1.35. The van der Waals surface area contributed by atoms with E-state index in [1.165, 1.54) is 23.6 Å². The predicted molar refractivity (Wildman–Crippen MR) is 90.4 cm³/mol. The number of amides is 2. The smallest absolute Gasteiger partial charge is 0.352 e. The maximum Gasteiger partial charge on any atom is 0.352 e. The first-order chi connectivity index (χ1) is 11.8. The van der Waals surface area contributed by atoms with Gasteiger partial charge in [-0.1, -0.05) is 13.8 Å². The molecule has 2 aliphatic heterocycles. The van der Waals surface area contributed by atoms with Crippen molar-refractivity contribution in [1.29, 1.82) is 0 Å². The highest BCUT2D eigenvalue weighted by Crippen LogP contribution is 2.40. The van der Waals surface area contributed by atoms with Crippen molar-refractivity contribution >= 4 is 35.5 Å². The van der Waals surface area contributed by atoms with Crippen LogP contribution in [0.5, 0.6) is 0 Å². The summed E-state index contributed by atoms with van der Waals surface area (Å²) in [4.78, 5) is 48.3. The Morgan fingerprint density at radius 1 is 1.36 bits per heavy atom. The molecule has 0 aliphatic carbocycles. The molecule has 0 saturated carbocycles. The van der Waals surface area contributed by atoms with Crippen LogP contribution in [-0.2, 0) is 23.9 Å². The third-order valence-electron chi connectivity index (χ3n) is 4.35. The van der Waals surface area contributed by atoms with Crippen LogP contribution in [0, 0.1) is 5.92 Å². The van der Waals surface area contributed by atoms with Crippen molar-refractivity contribution in [2.45, 2.75) is 45.0 Å². The van der Waals surface area contributed by atoms with Gasteiger partial charge in [-0.05, 0) is 12.8 Å². The van der Waals surface area contributed by atoms with E-state index in [4.69, 9.17) is 4.74 Å². The molecule has 9 heteroatoms. The van der Waals surface area contributed by atoms with Crippen molar-refractivity contribution in [3.63, 3.8) is 0 Å². The molecular formula is C16H22N2O6S. The van der Waals surface area contributed by atoms with Gasteiger partial charge in [-0.15, -0.1) is 11.8 Å². The largest absolute Gasteiger partial charge is 0.477 e. The summed E-state index contributed by atoms with van der Waals surface area (Å²) < 4.78 is 4.88. The predicted octanol–water partition coefficient (Wildman–Crippen LogP) is 0.724. The summed E-state index contributed by atoms with van der Waals surface area (Å²) in [6.07, 6.45) is 1.36. The Labute approximate surface area is 149 Å². The Morgan fingerprint density at radius 2 is 2.00 bits per heavy atom. The third kappa shape index (κ3) is 3.81. The van der Waals surface area contributed by atoms with Crippen LogP contribution in [0.15, 0.2) is 11.3 Å². The molecular weight excluding hydrogens is 348 g/mol. The lowest BCUT2D eigenvalue weighted by Gasteiger charge is -2.49. The number of esters is 1. The van der Waals surface area contributed by atoms with Gasteiger partial charge in [-0.25, -0.2) is 4.79 Å². The topological polar surface area (TPSA) is 113 Å². The average molecular weight is 370 g/mol. The van der Waals surface area contributed by atoms with Crippen LogP contribution in [-0.4, -0.2) is 57.5 Å². The highest BCUT2D eigenvalue weighted by Gasteiger charge is 2.54. The summed E-state index contributed by atoms with van der Waals surface area (Å²) in [5.74, 6) is -2.24. The molecule has 1 fully saturated rings. The van der Waals surface area contributed by atoms with Crippen LogP contribution in [0.3, 0.4) is 0 Å². The third-order valence-corrected chi connectivity index (χ3v) is 5.69. The van der Waals surface area contributed by atoms with E-state index < -0.39 is 29.3 Å². The minimum Gasteiger partial charge on any atom is -0.477 e. The Bertz CT molecular complexity index is 628. The number of thioether (sulfide) groups is 1. The number of nitrogens with one attached hydrogen (secondary N) is 1. The molecule has 2 aliphatic rings. The first-order valence-corrected chi connectivity index (χ1v) is 9.20. The summed E-state index contributed by atoms with van der Waals surface area (Å²) in [6.45, 7) is 4.89. The van der Waals surface area contributed by atoms with Crippen molar-refractivity contribution in [2.24, 2.45) is 5.92 Å². The highest BCUT2D eigenvalue weighted by molar-refractivity contribution is 8.00.